The predicted molar refractivity (Wildman–Crippen MR) is 55.6 cm³/mol. The summed E-state index contributed by atoms with van der Waals surface area (Å²) in [7, 11) is 0. The maximum Gasteiger partial charge on any atom is 0.416 e. The van der Waals surface area contributed by atoms with Crippen LogP contribution in [0.3, 0.4) is 0 Å². The van der Waals surface area contributed by atoms with Crippen LogP contribution in [0.2, 0.25) is 0 Å². The lowest BCUT2D eigenvalue weighted by molar-refractivity contribution is -0.386. The minimum absolute atomic E-state index is 0.197. The van der Waals surface area contributed by atoms with Crippen LogP contribution in [-0.2, 0) is 6.18 Å². The van der Waals surface area contributed by atoms with Crippen LogP contribution < -0.4 is 0 Å². The van der Waals surface area contributed by atoms with E-state index in [1.807, 2.05) is 0 Å². The first-order chi connectivity index (χ1) is 6.75. The van der Waals surface area contributed by atoms with Crippen molar-refractivity contribution >= 4 is 28.3 Å². The molecule has 0 spiro atoms. The van der Waals surface area contributed by atoms with Gasteiger partial charge >= 0.3 is 6.18 Å². The Labute approximate surface area is 96.6 Å². The van der Waals surface area contributed by atoms with Crippen molar-refractivity contribution in [2.24, 2.45) is 0 Å². The summed E-state index contributed by atoms with van der Waals surface area (Å²) in [6.07, 6.45) is -4.56. The van der Waals surface area contributed by atoms with Gasteiger partial charge in [-0.3, -0.25) is 10.1 Å². The molecule has 0 saturated carbocycles. The summed E-state index contributed by atoms with van der Waals surface area (Å²) in [4.78, 5) is 9.76. The highest BCUT2D eigenvalue weighted by Crippen LogP contribution is 2.37. The fraction of sp³-hybridized carbons (Fsp3) is 0.250. The van der Waals surface area contributed by atoms with Gasteiger partial charge in [-0.2, -0.15) is 13.2 Å². The summed E-state index contributed by atoms with van der Waals surface area (Å²) in [5.41, 5.74) is -1.79. The van der Waals surface area contributed by atoms with E-state index in [0.717, 1.165) is 19.1 Å². The van der Waals surface area contributed by atoms with Gasteiger partial charge in [0.2, 0.25) is 0 Å². The summed E-state index contributed by atoms with van der Waals surface area (Å²) >= 11 is 1.64. The maximum absolute atomic E-state index is 12.4. The van der Waals surface area contributed by atoms with Crippen LogP contribution in [0.1, 0.15) is 11.1 Å². The second-order valence-electron chi connectivity index (χ2n) is 2.82. The van der Waals surface area contributed by atoms with Crippen molar-refractivity contribution < 1.29 is 18.1 Å². The lowest BCUT2D eigenvalue weighted by Crippen LogP contribution is -2.09. The van der Waals surface area contributed by atoms with Crippen molar-refractivity contribution in [3.8, 4) is 0 Å². The third-order valence-corrected chi connectivity index (χ3v) is 2.74. The molecule has 0 aliphatic heterocycles. The fourth-order valence-electron chi connectivity index (χ4n) is 1.20. The van der Waals surface area contributed by atoms with Crippen LogP contribution in [0.5, 0.6) is 0 Å². The van der Waals surface area contributed by atoms with Gasteiger partial charge in [0.1, 0.15) is 0 Å². The molecule has 0 atom stereocenters. The molecular formula is C8H5F3INO2. The average Bonchev–Trinajstić information content (AvgIpc) is 2.00. The molecule has 0 saturated heterocycles. The number of hydrogen-bond donors (Lipinski definition) is 0. The van der Waals surface area contributed by atoms with Gasteiger partial charge in [-0.1, -0.05) is 0 Å². The summed E-state index contributed by atoms with van der Waals surface area (Å²) in [5.74, 6) is 0. The number of alkyl halides is 3. The number of nitro benzene ring substituents is 1. The zero-order valence-corrected chi connectivity index (χ0v) is 9.59. The first-order valence-electron chi connectivity index (χ1n) is 3.76. The van der Waals surface area contributed by atoms with E-state index in [1.165, 1.54) is 0 Å². The highest BCUT2D eigenvalue weighted by Gasteiger charge is 2.35. The van der Waals surface area contributed by atoms with Gasteiger partial charge in [-0.25, -0.2) is 0 Å². The molecular weight excluding hydrogens is 326 g/mol. The molecule has 0 heterocycles. The van der Waals surface area contributed by atoms with Crippen LogP contribution in [0.15, 0.2) is 12.1 Å². The second kappa shape index (κ2) is 3.95. The molecule has 0 aromatic heterocycles. The molecule has 0 bridgehead atoms. The molecule has 1 aromatic rings. The summed E-state index contributed by atoms with van der Waals surface area (Å²) in [6.45, 7) is 1.10. The third-order valence-electron chi connectivity index (χ3n) is 1.87. The molecule has 0 N–H and O–H groups in total. The summed E-state index contributed by atoms with van der Waals surface area (Å²) < 4.78 is 37.4. The molecule has 82 valence electrons. The average molecular weight is 331 g/mol. The van der Waals surface area contributed by atoms with E-state index in [4.69, 9.17) is 0 Å². The molecule has 0 radical (unpaired) electrons. The van der Waals surface area contributed by atoms with E-state index < -0.39 is 22.4 Å². The fourth-order valence-corrected chi connectivity index (χ4v) is 1.98. The maximum atomic E-state index is 12.4. The van der Waals surface area contributed by atoms with E-state index in [1.54, 1.807) is 22.6 Å². The molecule has 3 nitrogen and oxygen atoms in total. The first-order valence-corrected chi connectivity index (χ1v) is 4.83. The quantitative estimate of drug-likeness (QED) is 0.449. The Morgan fingerprint density at radius 2 is 1.93 bits per heavy atom. The minimum atomic E-state index is -4.56. The molecule has 0 aliphatic carbocycles. The standard InChI is InChI=1S/C8H5F3INO2/c1-4-5(8(9,10)11)2-3-6(12)7(4)13(14)15/h2-3H,1H3. The van der Waals surface area contributed by atoms with Gasteiger partial charge in [-0.15, -0.1) is 0 Å². The van der Waals surface area contributed by atoms with Crippen LogP contribution in [0.4, 0.5) is 18.9 Å². The minimum Gasteiger partial charge on any atom is -0.258 e. The van der Waals surface area contributed by atoms with E-state index in [0.29, 0.717) is 0 Å². The zero-order chi connectivity index (χ0) is 11.8. The van der Waals surface area contributed by atoms with Crippen LogP contribution in [-0.4, -0.2) is 4.92 Å². The van der Waals surface area contributed by atoms with Crippen molar-refractivity contribution in [3.05, 3.63) is 36.9 Å². The Morgan fingerprint density at radius 3 is 2.33 bits per heavy atom. The zero-order valence-electron chi connectivity index (χ0n) is 7.43. The van der Waals surface area contributed by atoms with Gasteiger partial charge in [0.25, 0.3) is 5.69 Å². The van der Waals surface area contributed by atoms with Crippen molar-refractivity contribution in [2.45, 2.75) is 13.1 Å². The lowest BCUT2D eigenvalue weighted by atomic mass is 10.1. The Bertz CT molecular complexity index is 417. The summed E-state index contributed by atoms with van der Waals surface area (Å²) in [6, 6.07) is 1.94. The number of rotatable bonds is 1. The Kier molecular flexibility index (Phi) is 3.22. The largest absolute Gasteiger partial charge is 0.416 e. The highest BCUT2D eigenvalue weighted by molar-refractivity contribution is 14.1. The summed E-state index contributed by atoms with van der Waals surface area (Å²) in [5, 5.41) is 10.6. The van der Waals surface area contributed by atoms with Crippen molar-refractivity contribution in [2.75, 3.05) is 0 Å². The van der Waals surface area contributed by atoms with E-state index >= 15 is 0 Å². The molecule has 7 heteroatoms. The number of nitro groups is 1. The number of benzene rings is 1. The monoisotopic (exact) mass is 331 g/mol. The van der Waals surface area contributed by atoms with Crippen molar-refractivity contribution in [3.63, 3.8) is 0 Å². The molecule has 0 aliphatic rings. The second-order valence-corrected chi connectivity index (χ2v) is 3.99. The molecule has 0 amide bonds. The van der Waals surface area contributed by atoms with Crippen LogP contribution >= 0.6 is 22.6 Å². The number of hydrogen-bond acceptors (Lipinski definition) is 2. The van der Waals surface area contributed by atoms with Crippen molar-refractivity contribution in [1.82, 2.24) is 0 Å². The van der Waals surface area contributed by atoms with E-state index in [-0.39, 0.29) is 9.13 Å². The van der Waals surface area contributed by atoms with Gasteiger partial charge in [-0.05, 0) is 41.6 Å². The van der Waals surface area contributed by atoms with E-state index in [9.17, 15) is 23.3 Å². The molecule has 0 fully saturated rings. The first kappa shape index (κ1) is 12.2. The Morgan fingerprint density at radius 1 is 1.40 bits per heavy atom. The Hall–Kier alpha value is -0.860. The smallest absolute Gasteiger partial charge is 0.258 e. The normalized spacial score (nSPS) is 11.5. The highest BCUT2D eigenvalue weighted by atomic mass is 127. The third kappa shape index (κ3) is 2.39. The molecule has 15 heavy (non-hydrogen) atoms. The van der Waals surface area contributed by atoms with Crippen molar-refractivity contribution in [1.29, 1.82) is 0 Å². The van der Waals surface area contributed by atoms with Crippen LogP contribution in [0, 0.1) is 20.6 Å². The molecule has 0 unspecified atom stereocenters. The topological polar surface area (TPSA) is 43.1 Å². The van der Waals surface area contributed by atoms with Gasteiger partial charge < -0.3 is 0 Å². The lowest BCUT2D eigenvalue weighted by Gasteiger charge is -2.10. The SMILES string of the molecule is Cc1c(C(F)(F)F)ccc(I)c1[N+](=O)[O-]. The van der Waals surface area contributed by atoms with Gasteiger partial charge in [0.15, 0.2) is 0 Å². The van der Waals surface area contributed by atoms with Gasteiger partial charge in [0.05, 0.1) is 14.1 Å². The van der Waals surface area contributed by atoms with Gasteiger partial charge in [0, 0.05) is 5.56 Å². The molecule has 1 rings (SSSR count). The predicted octanol–water partition coefficient (Wildman–Crippen LogP) is 3.53. The molecule has 1 aromatic carbocycles. The van der Waals surface area contributed by atoms with E-state index in [2.05, 4.69) is 0 Å². The number of nitrogens with zero attached hydrogens (tertiary/aromatic N) is 1. The number of halogens is 4. The van der Waals surface area contributed by atoms with Crippen LogP contribution in [0.25, 0.3) is 0 Å². The Balaban J connectivity index is 3.49.